The van der Waals surface area contributed by atoms with Crippen LogP contribution in [0.5, 0.6) is 0 Å². The summed E-state index contributed by atoms with van der Waals surface area (Å²) in [6, 6.07) is 0. The second-order valence-corrected chi connectivity index (χ2v) is 8.59. The van der Waals surface area contributed by atoms with E-state index in [-0.39, 0.29) is 0 Å². The van der Waals surface area contributed by atoms with Crippen molar-refractivity contribution in [3.8, 4) is 0 Å². The smallest absolute Gasteiger partial charge is 0.244 e. The first-order chi connectivity index (χ1) is 9.84. The first-order valence-electron chi connectivity index (χ1n) is 7.58. The average molecular weight is 333 g/mol. The molecule has 0 saturated carbocycles. The summed E-state index contributed by atoms with van der Waals surface area (Å²) in [5.74, 6) is 0.366. The number of nitrogens with one attached hydrogen (secondary N) is 1. The van der Waals surface area contributed by atoms with Gasteiger partial charge in [0.25, 0.3) is 0 Å². The second-order valence-electron chi connectivity index (χ2n) is 5.65. The predicted octanol–water partition coefficient (Wildman–Crippen LogP) is 3.22. The van der Waals surface area contributed by atoms with Gasteiger partial charge in [-0.2, -0.15) is 0 Å². The minimum atomic E-state index is -3.40. The predicted molar refractivity (Wildman–Crippen MR) is 90.3 cm³/mol. The van der Waals surface area contributed by atoms with Crippen LogP contribution in [0.25, 0.3) is 0 Å². The van der Waals surface area contributed by atoms with Crippen LogP contribution >= 0.6 is 11.3 Å². The molecule has 0 bridgehead atoms. The Morgan fingerprint density at radius 2 is 2.05 bits per heavy atom. The molecule has 4 nitrogen and oxygen atoms in total. The normalized spacial score (nSPS) is 13.8. The van der Waals surface area contributed by atoms with Gasteiger partial charge in [-0.3, -0.25) is 0 Å². The minimum absolute atomic E-state index is 0.366. The summed E-state index contributed by atoms with van der Waals surface area (Å²) in [7, 11) is -1.71. The van der Waals surface area contributed by atoms with E-state index < -0.39 is 10.0 Å². The highest BCUT2D eigenvalue weighted by atomic mass is 32.2. The Morgan fingerprint density at radius 3 is 2.62 bits per heavy atom. The third kappa shape index (κ3) is 4.77. The number of sulfonamides is 1. The number of hydrogen-bond donors (Lipinski definition) is 1. The molecule has 0 saturated heterocycles. The van der Waals surface area contributed by atoms with Gasteiger partial charge >= 0.3 is 0 Å². The van der Waals surface area contributed by atoms with Crippen LogP contribution in [0.4, 0.5) is 0 Å². The fourth-order valence-corrected chi connectivity index (χ4v) is 5.17. The van der Waals surface area contributed by atoms with E-state index in [0.717, 1.165) is 29.8 Å². The van der Waals surface area contributed by atoms with Crippen LogP contribution in [-0.2, 0) is 16.6 Å². The van der Waals surface area contributed by atoms with Crippen molar-refractivity contribution in [2.24, 2.45) is 5.92 Å². The molecule has 0 aliphatic carbocycles. The van der Waals surface area contributed by atoms with Gasteiger partial charge in [-0.25, -0.2) is 12.7 Å². The molecule has 0 aromatic carbocycles. The van der Waals surface area contributed by atoms with E-state index in [2.05, 4.69) is 26.1 Å². The fraction of sp³-hybridized carbons (Fsp3) is 0.733. The number of aryl methyl sites for hydroxylation is 1. The van der Waals surface area contributed by atoms with Gasteiger partial charge < -0.3 is 5.32 Å². The highest BCUT2D eigenvalue weighted by molar-refractivity contribution is 7.89. The first-order valence-corrected chi connectivity index (χ1v) is 9.90. The molecule has 1 aromatic heterocycles. The standard InChI is InChI=1S/C15H28N2O2S2/c1-6-8-16-9-14-15(13(4)11-20-14)21(18,19)17(5)10-12(3)7-2/h11-12,16H,6-10H2,1-5H3. The van der Waals surface area contributed by atoms with Crippen LogP contribution in [0.1, 0.15) is 44.1 Å². The van der Waals surface area contributed by atoms with E-state index in [1.165, 1.54) is 15.6 Å². The summed E-state index contributed by atoms with van der Waals surface area (Å²) in [4.78, 5) is 1.42. The molecular formula is C15H28N2O2S2. The highest BCUT2D eigenvalue weighted by Crippen LogP contribution is 2.29. The monoisotopic (exact) mass is 332 g/mol. The van der Waals surface area contributed by atoms with Gasteiger partial charge in [0.1, 0.15) is 4.90 Å². The minimum Gasteiger partial charge on any atom is -0.312 e. The average Bonchev–Trinajstić information content (AvgIpc) is 2.80. The maximum Gasteiger partial charge on any atom is 0.244 e. The van der Waals surface area contributed by atoms with E-state index >= 15 is 0 Å². The fourth-order valence-electron chi connectivity index (χ4n) is 2.16. The lowest BCUT2D eigenvalue weighted by molar-refractivity contribution is 0.393. The van der Waals surface area contributed by atoms with Crippen LogP contribution in [0.3, 0.4) is 0 Å². The molecule has 0 aliphatic rings. The summed E-state index contributed by atoms with van der Waals surface area (Å²) in [6.07, 6.45) is 2.02. The molecule has 1 N–H and O–H groups in total. The molecule has 0 fully saturated rings. The van der Waals surface area contributed by atoms with Crippen LogP contribution < -0.4 is 5.32 Å². The van der Waals surface area contributed by atoms with Gasteiger partial charge in [0.05, 0.1) is 0 Å². The molecule has 1 rings (SSSR count). The van der Waals surface area contributed by atoms with Crippen LogP contribution in [0.15, 0.2) is 10.3 Å². The number of thiophene rings is 1. The van der Waals surface area contributed by atoms with Gasteiger partial charge in [-0.15, -0.1) is 11.3 Å². The van der Waals surface area contributed by atoms with Crippen LogP contribution in [0, 0.1) is 12.8 Å². The topological polar surface area (TPSA) is 49.4 Å². The zero-order chi connectivity index (χ0) is 16.0. The summed E-state index contributed by atoms with van der Waals surface area (Å²) in [5.41, 5.74) is 0.851. The summed E-state index contributed by atoms with van der Waals surface area (Å²) in [5, 5.41) is 5.23. The lowest BCUT2D eigenvalue weighted by Crippen LogP contribution is -2.32. The molecule has 1 unspecified atom stereocenters. The Balaban J connectivity index is 2.99. The molecule has 1 aromatic rings. The molecule has 0 amide bonds. The molecule has 0 radical (unpaired) electrons. The Kier molecular flexibility index (Phi) is 7.33. The Bertz CT molecular complexity index is 538. The number of rotatable bonds is 9. The third-order valence-electron chi connectivity index (χ3n) is 3.64. The summed E-state index contributed by atoms with van der Waals surface area (Å²) < 4.78 is 27.1. The van der Waals surface area contributed by atoms with Crippen molar-refractivity contribution in [2.45, 2.75) is 52.0 Å². The molecular weight excluding hydrogens is 304 g/mol. The highest BCUT2D eigenvalue weighted by Gasteiger charge is 2.27. The molecule has 6 heteroatoms. The maximum absolute atomic E-state index is 12.8. The quantitative estimate of drug-likeness (QED) is 0.706. The van der Waals surface area contributed by atoms with Gasteiger partial charge in [0.15, 0.2) is 0 Å². The van der Waals surface area contributed by atoms with Gasteiger partial charge in [0, 0.05) is 25.0 Å². The van der Waals surface area contributed by atoms with E-state index in [9.17, 15) is 8.42 Å². The SMILES string of the molecule is CCCNCc1scc(C)c1S(=O)(=O)N(C)CC(C)CC. The zero-order valence-electron chi connectivity index (χ0n) is 13.8. The van der Waals surface area contributed by atoms with E-state index in [1.54, 1.807) is 7.05 Å². The first kappa shape index (κ1) is 18.6. The zero-order valence-corrected chi connectivity index (χ0v) is 15.4. The van der Waals surface area contributed by atoms with Gasteiger partial charge in [-0.05, 0) is 36.8 Å². The van der Waals surface area contributed by atoms with E-state index in [4.69, 9.17) is 0 Å². The van der Waals surface area contributed by atoms with Crippen molar-refractivity contribution in [1.29, 1.82) is 0 Å². The summed E-state index contributed by atoms with van der Waals surface area (Å²) in [6.45, 7) is 10.2. The van der Waals surface area contributed by atoms with Crippen molar-refractivity contribution in [3.05, 3.63) is 15.8 Å². The van der Waals surface area contributed by atoms with E-state index in [0.29, 0.717) is 23.9 Å². The molecule has 1 heterocycles. The van der Waals surface area contributed by atoms with Crippen molar-refractivity contribution in [3.63, 3.8) is 0 Å². The largest absolute Gasteiger partial charge is 0.312 e. The molecule has 0 spiro atoms. The molecule has 21 heavy (non-hydrogen) atoms. The lowest BCUT2D eigenvalue weighted by atomic mass is 10.1. The van der Waals surface area contributed by atoms with Gasteiger partial charge in [-0.1, -0.05) is 27.2 Å². The van der Waals surface area contributed by atoms with Crippen molar-refractivity contribution < 1.29 is 8.42 Å². The van der Waals surface area contributed by atoms with Crippen molar-refractivity contribution in [1.82, 2.24) is 9.62 Å². The van der Waals surface area contributed by atoms with Crippen molar-refractivity contribution >= 4 is 21.4 Å². The van der Waals surface area contributed by atoms with E-state index in [1.807, 2.05) is 12.3 Å². The lowest BCUT2D eigenvalue weighted by Gasteiger charge is -2.21. The van der Waals surface area contributed by atoms with Crippen LogP contribution in [-0.4, -0.2) is 32.9 Å². The Labute approximate surface area is 133 Å². The molecule has 0 aliphatic heterocycles. The third-order valence-corrected chi connectivity index (χ3v) is 6.92. The maximum atomic E-state index is 12.8. The number of hydrogen-bond acceptors (Lipinski definition) is 4. The van der Waals surface area contributed by atoms with Gasteiger partial charge in [0.2, 0.25) is 10.0 Å². The van der Waals surface area contributed by atoms with Crippen LogP contribution in [0.2, 0.25) is 0 Å². The summed E-state index contributed by atoms with van der Waals surface area (Å²) >= 11 is 1.53. The second kappa shape index (κ2) is 8.27. The van der Waals surface area contributed by atoms with Crippen molar-refractivity contribution in [2.75, 3.05) is 20.1 Å². The Morgan fingerprint density at radius 1 is 1.38 bits per heavy atom. The molecule has 122 valence electrons. The molecule has 1 atom stereocenters. The Hall–Kier alpha value is -0.430. The number of nitrogens with zero attached hydrogens (tertiary/aromatic N) is 1.